The van der Waals surface area contributed by atoms with E-state index in [4.69, 9.17) is 14.7 Å². The summed E-state index contributed by atoms with van der Waals surface area (Å²) < 4.78 is 8.44. The van der Waals surface area contributed by atoms with E-state index >= 15 is 0 Å². The molecule has 0 bridgehead atoms. The van der Waals surface area contributed by atoms with E-state index in [0.29, 0.717) is 5.90 Å². The molecule has 5 nitrogen and oxygen atoms in total. The normalized spacial score (nSPS) is 17.5. The van der Waals surface area contributed by atoms with Crippen LogP contribution in [0.4, 0.5) is 11.4 Å². The van der Waals surface area contributed by atoms with Crippen molar-refractivity contribution >= 4 is 22.9 Å². The highest BCUT2D eigenvalue weighted by atomic mass is 16.5. The van der Waals surface area contributed by atoms with Gasteiger partial charge < -0.3 is 14.5 Å². The summed E-state index contributed by atoms with van der Waals surface area (Å²) in [6, 6.07) is 34.5. The summed E-state index contributed by atoms with van der Waals surface area (Å²) in [4.78, 5) is 9.89. The lowest BCUT2D eigenvalue weighted by Gasteiger charge is -2.18. The van der Waals surface area contributed by atoms with E-state index in [0.717, 1.165) is 33.8 Å². The number of rotatable bonds is 5. The second-order valence-corrected chi connectivity index (χ2v) is 8.01. The zero-order valence-corrected chi connectivity index (χ0v) is 17.9. The Balaban J connectivity index is 1.39. The molecule has 33 heavy (non-hydrogen) atoms. The SMILES string of the molecule is c1ccc(Nc2cccn3cc(C4=N[C@H](c5ccccc5)[C@@H](c5ccccc5)O4)nc23)cc1. The number of imidazole rings is 1. The van der Waals surface area contributed by atoms with E-state index in [-0.39, 0.29) is 12.1 Å². The highest BCUT2D eigenvalue weighted by Gasteiger charge is 2.35. The molecule has 0 fully saturated rings. The number of aromatic nitrogens is 2. The van der Waals surface area contributed by atoms with E-state index in [9.17, 15) is 0 Å². The van der Waals surface area contributed by atoms with Crippen LogP contribution in [0.2, 0.25) is 0 Å². The first-order valence-corrected chi connectivity index (χ1v) is 11.0. The molecule has 1 N–H and O–H groups in total. The molecule has 1 aliphatic rings. The third-order valence-corrected chi connectivity index (χ3v) is 5.81. The summed E-state index contributed by atoms with van der Waals surface area (Å²) in [7, 11) is 0. The Morgan fingerprint density at radius 3 is 2.12 bits per heavy atom. The summed E-state index contributed by atoms with van der Waals surface area (Å²) in [5.74, 6) is 0.562. The molecule has 3 aromatic carbocycles. The quantitative estimate of drug-likeness (QED) is 0.354. The fourth-order valence-electron chi connectivity index (χ4n) is 4.22. The summed E-state index contributed by atoms with van der Waals surface area (Å²) in [5, 5.41) is 3.46. The van der Waals surface area contributed by atoms with Crippen molar-refractivity contribution in [2.24, 2.45) is 4.99 Å². The number of aliphatic imine (C=N–C) groups is 1. The Morgan fingerprint density at radius 1 is 0.727 bits per heavy atom. The molecule has 5 heteroatoms. The second kappa shape index (κ2) is 8.28. The third-order valence-electron chi connectivity index (χ3n) is 5.81. The van der Waals surface area contributed by atoms with Gasteiger partial charge in [-0.15, -0.1) is 0 Å². The lowest BCUT2D eigenvalue weighted by atomic mass is 9.97. The predicted octanol–water partition coefficient (Wildman–Crippen LogP) is 6.34. The molecule has 6 rings (SSSR count). The van der Waals surface area contributed by atoms with Crippen LogP contribution in [0.25, 0.3) is 5.65 Å². The number of anilines is 2. The van der Waals surface area contributed by atoms with Crippen LogP contribution in [-0.2, 0) is 4.74 Å². The highest BCUT2D eigenvalue weighted by molar-refractivity contribution is 5.95. The van der Waals surface area contributed by atoms with Crippen molar-refractivity contribution in [3.63, 3.8) is 0 Å². The zero-order valence-electron chi connectivity index (χ0n) is 17.9. The Hall–Kier alpha value is -4.38. The lowest BCUT2D eigenvalue weighted by molar-refractivity contribution is 0.196. The molecule has 5 aromatic rings. The molecule has 0 spiro atoms. The van der Waals surface area contributed by atoms with Crippen molar-refractivity contribution in [3.05, 3.63) is 132 Å². The van der Waals surface area contributed by atoms with Crippen LogP contribution in [0.5, 0.6) is 0 Å². The van der Waals surface area contributed by atoms with Gasteiger partial charge in [0.1, 0.15) is 11.7 Å². The van der Waals surface area contributed by atoms with Crippen LogP contribution in [0.3, 0.4) is 0 Å². The number of nitrogens with zero attached hydrogens (tertiary/aromatic N) is 3. The lowest BCUT2D eigenvalue weighted by Crippen LogP contribution is -2.09. The molecule has 2 atom stereocenters. The van der Waals surface area contributed by atoms with Crippen LogP contribution in [0.1, 0.15) is 29.0 Å². The van der Waals surface area contributed by atoms with Crippen molar-refractivity contribution in [1.29, 1.82) is 0 Å². The minimum atomic E-state index is -0.199. The van der Waals surface area contributed by atoms with Crippen molar-refractivity contribution in [3.8, 4) is 0 Å². The first kappa shape index (κ1) is 19.3. The largest absolute Gasteiger partial charge is 0.465 e. The number of ether oxygens (including phenoxy) is 1. The highest BCUT2D eigenvalue weighted by Crippen LogP contribution is 2.41. The summed E-state index contributed by atoms with van der Waals surface area (Å²) in [5.41, 5.74) is 5.70. The summed E-state index contributed by atoms with van der Waals surface area (Å²) in [6.07, 6.45) is 3.76. The van der Waals surface area contributed by atoms with Gasteiger partial charge in [-0.3, -0.25) is 0 Å². The summed E-state index contributed by atoms with van der Waals surface area (Å²) >= 11 is 0. The van der Waals surface area contributed by atoms with Gasteiger partial charge in [0.15, 0.2) is 11.8 Å². The molecule has 0 unspecified atom stereocenters. The van der Waals surface area contributed by atoms with Gasteiger partial charge in [0.05, 0.1) is 5.69 Å². The fraction of sp³-hybridized carbons (Fsp3) is 0.0714. The van der Waals surface area contributed by atoms with Gasteiger partial charge >= 0.3 is 0 Å². The molecule has 0 saturated heterocycles. The van der Waals surface area contributed by atoms with Crippen LogP contribution in [0.15, 0.2) is 121 Å². The monoisotopic (exact) mass is 430 g/mol. The Kier molecular flexibility index (Phi) is 4.85. The minimum Gasteiger partial charge on any atom is -0.465 e. The van der Waals surface area contributed by atoms with E-state index in [1.807, 2.05) is 95.7 Å². The van der Waals surface area contributed by atoms with Gasteiger partial charge in [0.25, 0.3) is 0 Å². The molecule has 0 saturated carbocycles. The molecule has 160 valence electrons. The Morgan fingerprint density at radius 2 is 1.39 bits per heavy atom. The predicted molar refractivity (Wildman–Crippen MR) is 131 cm³/mol. The van der Waals surface area contributed by atoms with Crippen LogP contribution in [-0.4, -0.2) is 15.3 Å². The number of hydrogen-bond donors (Lipinski definition) is 1. The zero-order chi connectivity index (χ0) is 22.0. The smallest absolute Gasteiger partial charge is 0.238 e. The Labute approximate surface area is 192 Å². The maximum atomic E-state index is 6.44. The number of para-hydroxylation sites is 1. The van der Waals surface area contributed by atoms with Crippen molar-refractivity contribution in [2.45, 2.75) is 12.1 Å². The molecule has 0 radical (unpaired) electrons. The first-order valence-electron chi connectivity index (χ1n) is 11.0. The summed E-state index contributed by atoms with van der Waals surface area (Å²) in [6.45, 7) is 0. The fourth-order valence-corrected chi connectivity index (χ4v) is 4.22. The van der Waals surface area contributed by atoms with E-state index in [1.54, 1.807) is 0 Å². The van der Waals surface area contributed by atoms with Crippen LogP contribution in [0, 0.1) is 0 Å². The molecule has 0 aliphatic carbocycles. The number of fused-ring (bicyclic) bond motifs is 1. The molecular weight excluding hydrogens is 408 g/mol. The average Bonchev–Trinajstić information content (AvgIpc) is 3.51. The van der Waals surface area contributed by atoms with Crippen molar-refractivity contribution in [1.82, 2.24) is 9.38 Å². The number of benzene rings is 3. The number of pyridine rings is 1. The average molecular weight is 431 g/mol. The van der Waals surface area contributed by atoms with Crippen molar-refractivity contribution < 1.29 is 4.74 Å². The number of nitrogens with one attached hydrogen (secondary N) is 1. The Bertz CT molecular complexity index is 1410. The van der Waals surface area contributed by atoms with E-state index < -0.39 is 0 Å². The first-order chi connectivity index (χ1) is 16.3. The molecule has 3 heterocycles. The van der Waals surface area contributed by atoms with Gasteiger partial charge in [0.2, 0.25) is 5.90 Å². The third kappa shape index (κ3) is 3.74. The topological polar surface area (TPSA) is 50.9 Å². The van der Waals surface area contributed by atoms with Gasteiger partial charge in [-0.1, -0.05) is 78.9 Å². The standard InChI is InChI=1S/C28H22N4O/c1-4-11-20(12-5-1)25-26(21-13-6-2-7-14-21)33-28(31-25)24-19-32-18-10-17-23(27(32)30-24)29-22-15-8-3-9-16-22/h1-19,25-26,29H/t25-,26-/m1/s1. The van der Waals surface area contributed by atoms with Gasteiger partial charge in [-0.25, -0.2) is 9.98 Å². The minimum absolute atomic E-state index is 0.129. The van der Waals surface area contributed by atoms with Crippen LogP contribution < -0.4 is 5.32 Å². The van der Waals surface area contributed by atoms with E-state index in [2.05, 4.69) is 29.6 Å². The molecule has 0 amide bonds. The molecule has 1 aliphatic heterocycles. The van der Waals surface area contributed by atoms with Crippen molar-refractivity contribution in [2.75, 3.05) is 5.32 Å². The molecular formula is C28H22N4O. The van der Waals surface area contributed by atoms with Gasteiger partial charge in [-0.05, 0) is 35.4 Å². The molecule has 2 aromatic heterocycles. The van der Waals surface area contributed by atoms with Gasteiger partial charge in [-0.2, -0.15) is 0 Å². The maximum Gasteiger partial charge on any atom is 0.238 e. The van der Waals surface area contributed by atoms with E-state index in [1.165, 1.54) is 0 Å². The maximum absolute atomic E-state index is 6.44. The second-order valence-electron chi connectivity index (χ2n) is 8.01. The van der Waals surface area contributed by atoms with Crippen LogP contribution >= 0.6 is 0 Å². The van der Waals surface area contributed by atoms with Gasteiger partial charge in [0, 0.05) is 18.1 Å². The number of hydrogen-bond acceptors (Lipinski definition) is 4.